The van der Waals surface area contributed by atoms with Crippen molar-refractivity contribution in [2.75, 3.05) is 17.6 Å². The third kappa shape index (κ3) is 3.47. The number of nitrogen functional groups attached to an aromatic ring is 1. The van der Waals surface area contributed by atoms with E-state index in [1.54, 1.807) is 6.92 Å². The number of aromatic nitrogens is 2. The van der Waals surface area contributed by atoms with Crippen molar-refractivity contribution in [3.63, 3.8) is 0 Å². The van der Waals surface area contributed by atoms with Gasteiger partial charge in [0.15, 0.2) is 5.69 Å². The second-order valence-electron chi connectivity index (χ2n) is 2.98. The Morgan fingerprint density at radius 2 is 2.18 bits per heavy atom. The van der Waals surface area contributed by atoms with E-state index in [2.05, 4.69) is 20.6 Å². The fourth-order valence-electron chi connectivity index (χ4n) is 0.985. The summed E-state index contributed by atoms with van der Waals surface area (Å²) in [5.41, 5.74) is 3.22. The third-order valence-corrected chi connectivity index (χ3v) is 1.65. The van der Waals surface area contributed by atoms with Gasteiger partial charge in [0.1, 0.15) is 0 Å². The number of urea groups is 1. The van der Waals surface area contributed by atoms with Crippen molar-refractivity contribution in [2.45, 2.75) is 13.1 Å². The molecule has 0 unspecified atom stereocenters. The molecule has 1 rings (SSSR count). The number of nitrogens with one attached hydrogen (secondary N) is 2. The van der Waals surface area contributed by atoms with Crippen LogP contribution in [0.25, 0.3) is 0 Å². The van der Waals surface area contributed by atoms with Gasteiger partial charge < -0.3 is 11.1 Å². The Morgan fingerprint density at radius 1 is 1.53 bits per heavy atom. The molecule has 0 aliphatic heterocycles. The predicted octanol–water partition coefficient (Wildman–Crippen LogP) is 1.22. The topological polar surface area (TPSA) is 92.9 Å². The van der Waals surface area contributed by atoms with Crippen LogP contribution in [0.2, 0.25) is 0 Å². The molecule has 94 valence electrons. The van der Waals surface area contributed by atoms with Crippen LogP contribution in [0.4, 0.5) is 29.6 Å². The smallest absolute Gasteiger partial charge is 0.396 e. The van der Waals surface area contributed by atoms with Crippen LogP contribution in [0, 0.1) is 0 Å². The molecule has 4 N–H and O–H groups in total. The minimum atomic E-state index is -4.69. The molecular formula is C8H10F3N5O. The van der Waals surface area contributed by atoms with E-state index in [1.165, 1.54) is 0 Å². The SMILES string of the molecule is CCNC(=O)Nc1ncc(N)c(C(F)(F)F)n1. The van der Waals surface area contributed by atoms with Gasteiger partial charge in [0, 0.05) is 6.54 Å². The Morgan fingerprint density at radius 3 is 2.71 bits per heavy atom. The van der Waals surface area contributed by atoms with Crippen molar-refractivity contribution in [3.05, 3.63) is 11.9 Å². The zero-order valence-corrected chi connectivity index (χ0v) is 8.80. The van der Waals surface area contributed by atoms with Gasteiger partial charge >= 0.3 is 12.2 Å². The molecule has 9 heteroatoms. The summed E-state index contributed by atoms with van der Waals surface area (Å²) >= 11 is 0. The molecule has 0 aliphatic carbocycles. The molecule has 1 heterocycles. The Hall–Kier alpha value is -2.06. The van der Waals surface area contributed by atoms with Gasteiger partial charge in [-0.2, -0.15) is 13.2 Å². The van der Waals surface area contributed by atoms with Crippen LogP contribution in [-0.4, -0.2) is 22.5 Å². The second-order valence-corrected chi connectivity index (χ2v) is 2.98. The zero-order chi connectivity index (χ0) is 13.1. The first-order chi connectivity index (χ1) is 7.84. The van der Waals surface area contributed by atoms with E-state index >= 15 is 0 Å². The van der Waals surface area contributed by atoms with E-state index in [1.807, 2.05) is 0 Å². The number of hydrogen-bond donors (Lipinski definition) is 3. The summed E-state index contributed by atoms with van der Waals surface area (Å²) < 4.78 is 37.2. The molecule has 2 amide bonds. The molecule has 17 heavy (non-hydrogen) atoms. The van der Waals surface area contributed by atoms with Crippen LogP contribution in [0.3, 0.4) is 0 Å². The van der Waals surface area contributed by atoms with Gasteiger partial charge in [-0.3, -0.25) is 5.32 Å². The second kappa shape index (κ2) is 4.85. The number of halogens is 3. The van der Waals surface area contributed by atoms with Crippen LogP contribution in [-0.2, 0) is 6.18 Å². The summed E-state index contributed by atoms with van der Waals surface area (Å²) in [5.74, 6) is -0.461. The van der Waals surface area contributed by atoms with Gasteiger partial charge in [-0.15, -0.1) is 0 Å². The number of hydrogen-bond acceptors (Lipinski definition) is 4. The average Bonchev–Trinajstić information content (AvgIpc) is 2.19. The van der Waals surface area contributed by atoms with E-state index in [9.17, 15) is 18.0 Å². The molecule has 1 aromatic rings. The number of nitrogens with zero attached hydrogens (tertiary/aromatic N) is 2. The minimum Gasteiger partial charge on any atom is -0.396 e. The van der Waals surface area contributed by atoms with Crippen LogP contribution in [0.1, 0.15) is 12.6 Å². The van der Waals surface area contributed by atoms with E-state index in [4.69, 9.17) is 5.73 Å². The van der Waals surface area contributed by atoms with Gasteiger partial charge in [-0.25, -0.2) is 14.8 Å². The molecule has 0 atom stereocenters. The molecule has 0 radical (unpaired) electrons. The van der Waals surface area contributed by atoms with E-state index < -0.39 is 29.5 Å². The van der Waals surface area contributed by atoms with Gasteiger partial charge in [0.25, 0.3) is 0 Å². The van der Waals surface area contributed by atoms with Crippen molar-refractivity contribution in [3.8, 4) is 0 Å². The lowest BCUT2D eigenvalue weighted by molar-refractivity contribution is -0.140. The van der Waals surface area contributed by atoms with Crippen molar-refractivity contribution in [2.24, 2.45) is 0 Å². The minimum absolute atomic E-state index is 0.326. The largest absolute Gasteiger partial charge is 0.435 e. The molecular weight excluding hydrogens is 239 g/mol. The first-order valence-corrected chi connectivity index (χ1v) is 4.59. The van der Waals surface area contributed by atoms with Gasteiger partial charge in [0.2, 0.25) is 5.95 Å². The molecule has 0 bridgehead atoms. The van der Waals surface area contributed by atoms with Crippen molar-refractivity contribution in [1.29, 1.82) is 0 Å². The van der Waals surface area contributed by atoms with Crippen molar-refractivity contribution < 1.29 is 18.0 Å². The Labute approximate surface area is 94.4 Å². The Bertz CT molecular complexity index is 420. The normalized spacial score (nSPS) is 11.1. The van der Waals surface area contributed by atoms with Gasteiger partial charge in [-0.1, -0.05) is 0 Å². The highest BCUT2D eigenvalue weighted by molar-refractivity contribution is 5.87. The molecule has 6 nitrogen and oxygen atoms in total. The first kappa shape index (κ1) is 13.0. The lowest BCUT2D eigenvalue weighted by Crippen LogP contribution is -2.29. The fraction of sp³-hybridized carbons (Fsp3) is 0.375. The molecule has 0 aliphatic rings. The number of nitrogens with two attached hydrogens (primary N) is 1. The van der Waals surface area contributed by atoms with Crippen LogP contribution < -0.4 is 16.4 Å². The summed E-state index contributed by atoms with van der Waals surface area (Å²) in [4.78, 5) is 17.6. The van der Waals surface area contributed by atoms with E-state index in [-0.39, 0.29) is 0 Å². The molecule has 0 spiro atoms. The van der Waals surface area contributed by atoms with Gasteiger partial charge in [0.05, 0.1) is 11.9 Å². The summed E-state index contributed by atoms with van der Waals surface area (Å²) in [6.45, 7) is 1.98. The number of rotatable bonds is 2. The van der Waals surface area contributed by atoms with Crippen molar-refractivity contribution in [1.82, 2.24) is 15.3 Å². The lowest BCUT2D eigenvalue weighted by Gasteiger charge is -2.10. The maximum Gasteiger partial charge on any atom is 0.435 e. The maximum absolute atomic E-state index is 12.4. The maximum atomic E-state index is 12.4. The monoisotopic (exact) mass is 249 g/mol. The number of carbonyl (C=O) groups is 1. The highest BCUT2D eigenvalue weighted by Crippen LogP contribution is 2.31. The number of anilines is 2. The summed E-state index contributed by atoms with van der Waals surface area (Å²) in [6.07, 6.45) is -3.90. The van der Waals surface area contributed by atoms with Crippen LogP contribution in [0.15, 0.2) is 6.20 Å². The zero-order valence-electron chi connectivity index (χ0n) is 8.80. The average molecular weight is 249 g/mol. The molecule has 0 aromatic carbocycles. The number of carbonyl (C=O) groups excluding carboxylic acids is 1. The summed E-state index contributed by atoms with van der Waals surface area (Å²) in [7, 11) is 0. The highest BCUT2D eigenvalue weighted by Gasteiger charge is 2.35. The van der Waals surface area contributed by atoms with E-state index in [0.717, 1.165) is 6.20 Å². The van der Waals surface area contributed by atoms with E-state index in [0.29, 0.717) is 6.54 Å². The standard InChI is InChI=1S/C8H10F3N5O/c1-2-13-7(17)16-6-14-3-4(12)5(15-6)8(9,10)11/h3H,2,12H2,1H3,(H2,13,14,15,16,17). The molecule has 1 aromatic heterocycles. The van der Waals surface area contributed by atoms with Gasteiger partial charge in [-0.05, 0) is 6.92 Å². The predicted molar refractivity (Wildman–Crippen MR) is 54.1 cm³/mol. The molecule has 0 saturated heterocycles. The molecule has 0 saturated carbocycles. The quantitative estimate of drug-likeness (QED) is 0.734. The van der Waals surface area contributed by atoms with Crippen LogP contribution >= 0.6 is 0 Å². The Balaban J connectivity index is 2.93. The Kier molecular flexibility index (Phi) is 3.71. The van der Waals surface area contributed by atoms with Crippen LogP contribution in [0.5, 0.6) is 0 Å². The lowest BCUT2D eigenvalue weighted by atomic mass is 10.3. The first-order valence-electron chi connectivity index (χ1n) is 4.59. The van der Waals surface area contributed by atoms with Crippen molar-refractivity contribution >= 4 is 17.7 Å². The highest BCUT2D eigenvalue weighted by atomic mass is 19.4. The summed E-state index contributed by atoms with van der Waals surface area (Å²) in [6, 6.07) is -0.689. The number of alkyl halides is 3. The summed E-state index contributed by atoms with van der Waals surface area (Å²) in [5, 5.41) is 4.38. The molecule has 0 fully saturated rings. The number of amides is 2. The fourth-order valence-corrected chi connectivity index (χ4v) is 0.985. The third-order valence-electron chi connectivity index (χ3n) is 1.65.